The van der Waals surface area contributed by atoms with Crippen molar-refractivity contribution in [1.82, 2.24) is 4.90 Å². The first-order valence-corrected chi connectivity index (χ1v) is 8.79. The third-order valence-corrected chi connectivity index (χ3v) is 4.75. The Kier molecular flexibility index (Phi) is 5.17. The van der Waals surface area contributed by atoms with Crippen LogP contribution in [0.4, 0.5) is 0 Å². The van der Waals surface area contributed by atoms with Gasteiger partial charge in [-0.3, -0.25) is 4.79 Å². The zero-order valence-electron chi connectivity index (χ0n) is 14.5. The quantitative estimate of drug-likeness (QED) is 0.881. The average Bonchev–Trinajstić information content (AvgIpc) is 2.91. The Labute approximate surface area is 148 Å². The van der Waals surface area contributed by atoms with Crippen molar-refractivity contribution in [2.75, 3.05) is 13.1 Å². The van der Waals surface area contributed by atoms with Gasteiger partial charge in [-0.1, -0.05) is 43.7 Å². The lowest BCUT2D eigenvalue weighted by Crippen LogP contribution is -2.29. The van der Waals surface area contributed by atoms with Crippen LogP contribution in [0.2, 0.25) is 0 Å². The first kappa shape index (κ1) is 17.2. The molecule has 0 saturated heterocycles. The highest BCUT2D eigenvalue weighted by atomic mass is 16.4. The molecule has 0 radical (unpaired) electrons. The molecule has 0 spiro atoms. The molecule has 25 heavy (non-hydrogen) atoms. The molecule has 130 valence electrons. The van der Waals surface area contributed by atoms with E-state index in [1.165, 1.54) is 5.57 Å². The SMILES string of the molecule is CCCCC(=O)N1CC2=C(CC=CC(c3ccccc3C(=O)O)=C2)C1. The number of rotatable bonds is 5. The molecule has 0 saturated carbocycles. The molecule has 1 aromatic carbocycles. The second kappa shape index (κ2) is 7.51. The Bertz CT molecular complexity index is 786. The van der Waals surface area contributed by atoms with Crippen LogP contribution in [-0.2, 0) is 4.79 Å². The van der Waals surface area contributed by atoms with Crippen molar-refractivity contribution in [2.24, 2.45) is 0 Å². The first-order chi connectivity index (χ1) is 12.1. The third kappa shape index (κ3) is 3.73. The van der Waals surface area contributed by atoms with Crippen LogP contribution in [0.5, 0.6) is 0 Å². The predicted molar refractivity (Wildman–Crippen MR) is 98.3 cm³/mol. The maximum absolute atomic E-state index is 12.3. The summed E-state index contributed by atoms with van der Waals surface area (Å²) in [5.74, 6) is -0.717. The van der Waals surface area contributed by atoms with Crippen LogP contribution >= 0.6 is 0 Å². The van der Waals surface area contributed by atoms with Crippen molar-refractivity contribution in [2.45, 2.75) is 32.6 Å². The summed E-state index contributed by atoms with van der Waals surface area (Å²) in [5.41, 5.74) is 4.31. The molecule has 2 aliphatic rings. The monoisotopic (exact) mass is 337 g/mol. The van der Waals surface area contributed by atoms with Crippen LogP contribution in [0.25, 0.3) is 5.57 Å². The van der Waals surface area contributed by atoms with E-state index in [2.05, 4.69) is 13.0 Å². The van der Waals surface area contributed by atoms with Gasteiger partial charge in [-0.2, -0.15) is 0 Å². The van der Waals surface area contributed by atoms with Gasteiger partial charge in [0.25, 0.3) is 0 Å². The average molecular weight is 337 g/mol. The molecule has 1 aromatic rings. The summed E-state index contributed by atoms with van der Waals surface area (Å²) in [6.45, 7) is 3.40. The van der Waals surface area contributed by atoms with Gasteiger partial charge in [-0.25, -0.2) is 4.79 Å². The maximum Gasteiger partial charge on any atom is 0.336 e. The Balaban J connectivity index is 1.85. The number of nitrogens with zero attached hydrogens (tertiary/aromatic N) is 1. The van der Waals surface area contributed by atoms with Crippen LogP contribution in [0.3, 0.4) is 0 Å². The van der Waals surface area contributed by atoms with Gasteiger partial charge >= 0.3 is 5.97 Å². The number of hydrogen-bond acceptors (Lipinski definition) is 2. The normalized spacial score (nSPS) is 16.5. The Morgan fingerprint density at radius 1 is 1.20 bits per heavy atom. The van der Waals surface area contributed by atoms with Gasteiger partial charge in [-0.05, 0) is 47.3 Å². The van der Waals surface area contributed by atoms with E-state index in [-0.39, 0.29) is 5.91 Å². The summed E-state index contributed by atoms with van der Waals surface area (Å²) in [7, 11) is 0. The molecular weight excluding hydrogens is 314 g/mol. The summed E-state index contributed by atoms with van der Waals surface area (Å²) in [4.78, 5) is 25.7. The zero-order chi connectivity index (χ0) is 17.8. The molecule has 4 heteroatoms. The number of carbonyl (C=O) groups is 2. The number of benzene rings is 1. The minimum atomic E-state index is -0.925. The number of aromatic carboxylic acids is 1. The van der Waals surface area contributed by atoms with Crippen molar-refractivity contribution >= 4 is 17.4 Å². The minimum Gasteiger partial charge on any atom is -0.478 e. The van der Waals surface area contributed by atoms with E-state index in [1.54, 1.807) is 12.1 Å². The van der Waals surface area contributed by atoms with Crippen LogP contribution in [-0.4, -0.2) is 35.0 Å². The number of hydrogen-bond donors (Lipinski definition) is 1. The molecule has 1 amide bonds. The predicted octanol–water partition coefficient (Wildman–Crippen LogP) is 4.06. The molecule has 1 heterocycles. The Morgan fingerprint density at radius 2 is 2.00 bits per heavy atom. The summed E-state index contributed by atoms with van der Waals surface area (Å²) in [6.07, 6.45) is 9.45. The molecule has 0 aromatic heterocycles. The smallest absolute Gasteiger partial charge is 0.336 e. The molecule has 1 N–H and O–H groups in total. The fourth-order valence-corrected chi connectivity index (χ4v) is 3.36. The van der Waals surface area contributed by atoms with Gasteiger partial charge in [0.15, 0.2) is 0 Å². The molecule has 4 nitrogen and oxygen atoms in total. The molecule has 3 rings (SSSR count). The lowest BCUT2D eigenvalue weighted by molar-refractivity contribution is -0.130. The van der Waals surface area contributed by atoms with Gasteiger partial charge in [0.2, 0.25) is 5.91 Å². The number of carbonyl (C=O) groups excluding carboxylic acids is 1. The lowest BCUT2D eigenvalue weighted by Gasteiger charge is -2.17. The number of amides is 1. The fourth-order valence-electron chi connectivity index (χ4n) is 3.36. The topological polar surface area (TPSA) is 57.6 Å². The van der Waals surface area contributed by atoms with Crippen LogP contribution in [0.15, 0.2) is 53.6 Å². The number of carboxylic acids is 1. The molecule has 0 fully saturated rings. The van der Waals surface area contributed by atoms with E-state index >= 15 is 0 Å². The molecular formula is C21H23NO3. The summed E-state index contributed by atoms with van der Waals surface area (Å²) in [6, 6.07) is 7.06. The second-order valence-corrected chi connectivity index (χ2v) is 6.54. The highest BCUT2D eigenvalue weighted by Crippen LogP contribution is 2.31. The Hall–Kier alpha value is -2.62. The standard InChI is InChI=1S/C21H23NO3/c1-2-3-11-20(23)22-13-16-8-6-7-15(12-17(16)14-22)18-9-4-5-10-19(18)21(24)25/h4-7,9-10,12H,2-3,8,11,13-14H2,1H3,(H,24,25). The van der Waals surface area contributed by atoms with E-state index < -0.39 is 5.97 Å². The van der Waals surface area contributed by atoms with Crippen molar-refractivity contribution in [3.8, 4) is 0 Å². The summed E-state index contributed by atoms with van der Waals surface area (Å²) in [5, 5.41) is 9.44. The van der Waals surface area contributed by atoms with Crippen molar-refractivity contribution in [3.05, 3.63) is 64.8 Å². The van der Waals surface area contributed by atoms with Gasteiger partial charge in [0.05, 0.1) is 5.56 Å². The molecule has 1 aliphatic heterocycles. The first-order valence-electron chi connectivity index (χ1n) is 8.79. The number of carboxylic acid groups (broad SMARTS) is 1. The van der Waals surface area contributed by atoms with Gasteiger partial charge in [0, 0.05) is 19.5 Å². The largest absolute Gasteiger partial charge is 0.478 e. The van der Waals surface area contributed by atoms with Crippen molar-refractivity contribution in [3.63, 3.8) is 0 Å². The summed E-state index contributed by atoms with van der Waals surface area (Å²) < 4.78 is 0. The van der Waals surface area contributed by atoms with Gasteiger partial charge < -0.3 is 10.0 Å². The van der Waals surface area contributed by atoms with E-state index in [1.807, 2.05) is 29.2 Å². The molecule has 1 aliphatic carbocycles. The summed E-state index contributed by atoms with van der Waals surface area (Å²) >= 11 is 0. The zero-order valence-corrected chi connectivity index (χ0v) is 14.5. The van der Waals surface area contributed by atoms with Crippen LogP contribution in [0, 0.1) is 0 Å². The number of unbranched alkanes of at least 4 members (excludes halogenated alkanes) is 1. The fraction of sp³-hybridized carbons (Fsp3) is 0.333. The van der Waals surface area contributed by atoms with Crippen LogP contribution in [0.1, 0.15) is 48.5 Å². The second-order valence-electron chi connectivity index (χ2n) is 6.54. The van der Waals surface area contributed by atoms with Crippen LogP contribution < -0.4 is 0 Å². The van der Waals surface area contributed by atoms with Gasteiger partial charge in [0.1, 0.15) is 0 Å². The Morgan fingerprint density at radius 3 is 2.76 bits per heavy atom. The van der Waals surface area contributed by atoms with E-state index in [0.717, 1.165) is 36.0 Å². The molecule has 0 atom stereocenters. The van der Waals surface area contributed by atoms with Crippen molar-refractivity contribution in [1.29, 1.82) is 0 Å². The third-order valence-electron chi connectivity index (χ3n) is 4.75. The van der Waals surface area contributed by atoms with E-state index in [0.29, 0.717) is 25.1 Å². The highest BCUT2D eigenvalue weighted by Gasteiger charge is 2.25. The maximum atomic E-state index is 12.3. The van der Waals surface area contributed by atoms with Gasteiger partial charge in [-0.15, -0.1) is 0 Å². The number of allylic oxidation sites excluding steroid dienone is 3. The van der Waals surface area contributed by atoms with E-state index in [4.69, 9.17) is 0 Å². The lowest BCUT2D eigenvalue weighted by atomic mass is 9.98. The highest BCUT2D eigenvalue weighted by molar-refractivity contribution is 5.96. The van der Waals surface area contributed by atoms with Crippen molar-refractivity contribution < 1.29 is 14.7 Å². The molecule has 0 bridgehead atoms. The molecule has 0 unspecified atom stereocenters. The van der Waals surface area contributed by atoms with E-state index in [9.17, 15) is 14.7 Å². The minimum absolute atomic E-state index is 0.208.